The van der Waals surface area contributed by atoms with E-state index in [1.807, 2.05) is 41.5 Å². The number of nitrogens with one attached hydrogen (secondary N) is 1. The first kappa shape index (κ1) is 19.6. The molecular formula is C16H26N2O4S. The highest BCUT2D eigenvalue weighted by molar-refractivity contribution is 7.10. The standard InChI is InChI=1S/C16H26N2O4S/c1-15(2,3)14-18-11(9-23-14)12(19)17-10(13(20)21)7-8-22-16(4,5)6/h9-10H,7-8H2,1-6H3,(H,17,19)(H,20,21). The summed E-state index contributed by atoms with van der Waals surface area (Å²) >= 11 is 1.40. The van der Waals surface area contributed by atoms with Gasteiger partial charge in [0.05, 0.1) is 10.6 Å². The predicted molar refractivity (Wildman–Crippen MR) is 90.0 cm³/mol. The molecule has 0 radical (unpaired) electrons. The largest absolute Gasteiger partial charge is 0.480 e. The van der Waals surface area contributed by atoms with Crippen molar-refractivity contribution in [1.29, 1.82) is 0 Å². The second-order valence-corrected chi connectivity index (χ2v) is 8.26. The molecule has 0 aliphatic rings. The smallest absolute Gasteiger partial charge is 0.326 e. The lowest BCUT2D eigenvalue weighted by molar-refractivity contribution is -0.140. The Balaban J connectivity index is 2.67. The number of aromatic nitrogens is 1. The highest BCUT2D eigenvalue weighted by Crippen LogP contribution is 2.25. The van der Waals surface area contributed by atoms with Crippen LogP contribution in [0.25, 0.3) is 0 Å². The van der Waals surface area contributed by atoms with Crippen molar-refractivity contribution in [2.75, 3.05) is 6.61 Å². The first-order valence-electron chi connectivity index (χ1n) is 7.54. The number of thiazole rings is 1. The number of hydrogen-bond acceptors (Lipinski definition) is 5. The van der Waals surface area contributed by atoms with Crippen LogP contribution in [-0.2, 0) is 14.9 Å². The Morgan fingerprint density at radius 2 is 1.91 bits per heavy atom. The van der Waals surface area contributed by atoms with Crippen LogP contribution in [-0.4, -0.2) is 40.2 Å². The van der Waals surface area contributed by atoms with Gasteiger partial charge in [-0.3, -0.25) is 4.79 Å². The summed E-state index contributed by atoms with van der Waals surface area (Å²) < 4.78 is 5.52. The number of rotatable bonds is 6. The minimum Gasteiger partial charge on any atom is -0.480 e. The predicted octanol–water partition coefficient (Wildman–Crippen LogP) is 2.83. The lowest BCUT2D eigenvalue weighted by Gasteiger charge is -2.21. The van der Waals surface area contributed by atoms with Gasteiger partial charge in [-0.2, -0.15) is 0 Å². The van der Waals surface area contributed by atoms with E-state index in [9.17, 15) is 14.7 Å². The molecule has 1 aromatic heterocycles. The minimum absolute atomic E-state index is 0.143. The van der Waals surface area contributed by atoms with Gasteiger partial charge in [0, 0.05) is 23.8 Å². The van der Waals surface area contributed by atoms with Gasteiger partial charge in [0.2, 0.25) is 0 Å². The van der Waals surface area contributed by atoms with Crippen molar-refractivity contribution in [2.45, 2.75) is 65.0 Å². The van der Waals surface area contributed by atoms with Gasteiger partial charge in [-0.15, -0.1) is 11.3 Å². The molecule has 0 spiro atoms. The lowest BCUT2D eigenvalue weighted by Crippen LogP contribution is -2.42. The van der Waals surface area contributed by atoms with Gasteiger partial charge in [-0.25, -0.2) is 9.78 Å². The van der Waals surface area contributed by atoms with Crippen LogP contribution in [0.1, 0.15) is 63.5 Å². The van der Waals surface area contributed by atoms with E-state index in [0.717, 1.165) is 5.01 Å². The van der Waals surface area contributed by atoms with Crippen LogP contribution in [0.2, 0.25) is 0 Å². The molecule has 1 aromatic rings. The maximum Gasteiger partial charge on any atom is 0.326 e. The van der Waals surface area contributed by atoms with Gasteiger partial charge in [-0.1, -0.05) is 20.8 Å². The van der Waals surface area contributed by atoms with Crippen molar-refractivity contribution < 1.29 is 19.4 Å². The number of carbonyl (C=O) groups is 2. The van der Waals surface area contributed by atoms with E-state index in [-0.39, 0.29) is 29.7 Å². The number of hydrogen-bond donors (Lipinski definition) is 2. The molecule has 1 atom stereocenters. The Morgan fingerprint density at radius 1 is 1.30 bits per heavy atom. The first-order chi connectivity index (χ1) is 10.4. The molecule has 130 valence electrons. The summed E-state index contributed by atoms with van der Waals surface area (Å²) in [4.78, 5) is 27.8. The van der Waals surface area contributed by atoms with Crippen molar-refractivity contribution in [3.63, 3.8) is 0 Å². The average Bonchev–Trinajstić information content (AvgIpc) is 2.85. The summed E-state index contributed by atoms with van der Waals surface area (Å²) in [7, 11) is 0. The molecule has 6 nitrogen and oxygen atoms in total. The molecule has 7 heteroatoms. The Morgan fingerprint density at radius 3 is 2.35 bits per heavy atom. The summed E-state index contributed by atoms with van der Waals surface area (Å²) in [6.45, 7) is 12.0. The fraction of sp³-hybridized carbons (Fsp3) is 0.688. The number of carboxylic acids is 1. The zero-order valence-electron chi connectivity index (χ0n) is 14.6. The second-order valence-electron chi connectivity index (χ2n) is 7.40. The molecule has 0 bridgehead atoms. The minimum atomic E-state index is -1.08. The summed E-state index contributed by atoms with van der Waals surface area (Å²) in [6, 6.07) is -0.996. The highest BCUT2D eigenvalue weighted by Gasteiger charge is 2.25. The van der Waals surface area contributed by atoms with Crippen LogP contribution in [0.3, 0.4) is 0 Å². The number of aliphatic carboxylic acids is 1. The maximum atomic E-state index is 12.2. The lowest BCUT2D eigenvalue weighted by atomic mass is 9.98. The Kier molecular flexibility index (Phi) is 6.30. The summed E-state index contributed by atoms with van der Waals surface area (Å²) in [5.41, 5.74) is -0.234. The molecule has 1 heterocycles. The SMILES string of the molecule is CC(C)(C)OCCC(NC(=O)c1csc(C(C)(C)C)n1)C(=O)O. The third-order valence-electron chi connectivity index (χ3n) is 2.92. The third-order valence-corrected chi connectivity index (χ3v) is 4.19. The zero-order valence-corrected chi connectivity index (χ0v) is 15.4. The summed E-state index contributed by atoms with van der Waals surface area (Å²) in [6.07, 6.45) is 0.203. The molecule has 1 amide bonds. The molecule has 0 aliphatic heterocycles. The molecule has 0 saturated heterocycles. The van der Waals surface area contributed by atoms with E-state index in [1.165, 1.54) is 11.3 Å². The van der Waals surface area contributed by atoms with E-state index in [4.69, 9.17) is 4.74 Å². The van der Waals surface area contributed by atoms with Crippen molar-refractivity contribution in [2.24, 2.45) is 0 Å². The number of carboxylic acid groups (broad SMARTS) is 1. The second kappa shape index (κ2) is 7.40. The quantitative estimate of drug-likeness (QED) is 0.830. The molecular weight excluding hydrogens is 316 g/mol. The van der Waals surface area contributed by atoms with E-state index in [2.05, 4.69) is 10.3 Å². The van der Waals surface area contributed by atoms with Crippen LogP contribution in [0.5, 0.6) is 0 Å². The van der Waals surface area contributed by atoms with Gasteiger partial charge < -0.3 is 15.2 Å². The number of carbonyl (C=O) groups excluding carboxylic acids is 1. The van der Waals surface area contributed by atoms with Crippen LogP contribution >= 0.6 is 11.3 Å². The van der Waals surface area contributed by atoms with Gasteiger partial charge >= 0.3 is 5.97 Å². The molecule has 0 aromatic carbocycles. The Labute approximate surface area is 141 Å². The molecule has 0 fully saturated rings. The topological polar surface area (TPSA) is 88.5 Å². The average molecular weight is 342 g/mol. The van der Waals surface area contributed by atoms with Crippen LogP contribution in [0, 0.1) is 0 Å². The van der Waals surface area contributed by atoms with Crippen LogP contribution < -0.4 is 5.32 Å². The fourth-order valence-electron chi connectivity index (χ4n) is 1.70. The van der Waals surface area contributed by atoms with Crippen LogP contribution in [0.15, 0.2) is 5.38 Å². The molecule has 1 rings (SSSR count). The Hall–Kier alpha value is -1.47. The summed E-state index contributed by atoms with van der Waals surface area (Å²) in [5, 5.41) is 14.2. The monoisotopic (exact) mass is 342 g/mol. The number of ether oxygens (including phenoxy) is 1. The number of amides is 1. The Bertz CT molecular complexity index is 555. The fourth-order valence-corrected chi connectivity index (χ4v) is 2.58. The summed E-state index contributed by atoms with van der Waals surface area (Å²) in [5.74, 6) is -1.55. The first-order valence-corrected chi connectivity index (χ1v) is 8.42. The third kappa shape index (κ3) is 6.66. The van der Waals surface area contributed by atoms with Crippen molar-refractivity contribution in [1.82, 2.24) is 10.3 Å². The van der Waals surface area contributed by atoms with Crippen molar-refractivity contribution in [3.05, 3.63) is 16.1 Å². The molecule has 2 N–H and O–H groups in total. The van der Waals surface area contributed by atoms with Gasteiger partial charge in [0.25, 0.3) is 5.91 Å². The van der Waals surface area contributed by atoms with Crippen molar-refractivity contribution in [3.8, 4) is 0 Å². The van der Waals surface area contributed by atoms with E-state index in [1.54, 1.807) is 5.38 Å². The van der Waals surface area contributed by atoms with Crippen molar-refractivity contribution >= 4 is 23.2 Å². The maximum absolute atomic E-state index is 12.2. The zero-order chi connectivity index (χ0) is 17.8. The van der Waals surface area contributed by atoms with E-state index in [0.29, 0.717) is 0 Å². The van der Waals surface area contributed by atoms with Gasteiger partial charge in [0.15, 0.2) is 0 Å². The molecule has 0 saturated carbocycles. The van der Waals surface area contributed by atoms with Gasteiger partial charge in [-0.05, 0) is 20.8 Å². The van der Waals surface area contributed by atoms with Gasteiger partial charge in [0.1, 0.15) is 11.7 Å². The molecule has 0 aliphatic carbocycles. The van der Waals surface area contributed by atoms with E-state index >= 15 is 0 Å². The molecule has 23 heavy (non-hydrogen) atoms. The van der Waals surface area contributed by atoms with Crippen LogP contribution in [0.4, 0.5) is 0 Å². The normalized spacial score (nSPS) is 13.7. The van der Waals surface area contributed by atoms with E-state index < -0.39 is 17.9 Å². The highest BCUT2D eigenvalue weighted by atomic mass is 32.1. The molecule has 1 unspecified atom stereocenters. The number of nitrogens with zero attached hydrogens (tertiary/aromatic N) is 1.